The molecule has 0 radical (unpaired) electrons. The Morgan fingerprint density at radius 2 is 1.95 bits per heavy atom. The van der Waals surface area contributed by atoms with Crippen LogP contribution in [0.1, 0.15) is 50.2 Å². The van der Waals surface area contributed by atoms with Crippen LogP contribution < -0.4 is 16.0 Å². The van der Waals surface area contributed by atoms with Crippen molar-refractivity contribution in [3.8, 4) is 0 Å². The first-order valence-corrected chi connectivity index (χ1v) is 14.9. The maximum atomic E-state index is 13.4. The van der Waals surface area contributed by atoms with E-state index >= 15 is 0 Å². The number of anilines is 1. The van der Waals surface area contributed by atoms with Crippen molar-refractivity contribution in [2.45, 2.75) is 52.2 Å². The number of aromatic amines is 1. The van der Waals surface area contributed by atoms with Crippen LogP contribution in [0.2, 0.25) is 0 Å². The molecule has 2 aliphatic rings. The van der Waals surface area contributed by atoms with Gasteiger partial charge in [-0.15, -0.1) is 0 Å². The number of H-pyrrole nitrogens is 1. The average molecular weight is 555 g/mol. The van der Waals surface area contributed by atoms with Gasteiger partial charge in [0.15, 0.2) is 5.96 Å². The number of rotatable bonds is 11. The molecule has 2 heterocycles. The minimum absolute atomic E-state index is 0.00123. The Morgan fingerprint density at radius 3 is 2.73 bits per heavy atom. The van der Waals surface area contributed by atoms with Gasteiger partial charge in [0.25, 0.3) is 0 Å². The predicted octanol–water partition coefficient (Wildman–Crippen LogP) is 5.71. The number of fused-ring (bicyclic) bond motifs is 1. The number of nitrogens with zero attached hydrogens (tertiary/aromatic N) is 2. The Bertz CT molecular complexity index is 1350. The molecule has 2 aromatic heterocycles. The normalized spacial score (nSPS) is 20.7. The van der Waals surface area contributed by atoms with Crippen LogP contribution in [0.5, 0.6) is 0 Å². The molecule has 1 aromatic carbocycles. The van der Waals surface area contributed by atoms with Gasteiger partial charge >= 0.3 is 0 Å². The van der Waals surface area contributed by atoms with E-state index in [1.165, 1.54) is 5.56 Å². The Morgan fingerprint density at radius 1 is 1.10 bits per heavy atom. The van der Waals surface area contributed by atoms with Crippen molar-refractivity contribution in [1.29, 1.82) is 0 Å². The van der Waals surface area contributed by atoms with Crippen molar-refractivity contribution in [2.24, 2.45) is 22.7 Å². The summed E-state index contributed by atoms with van der Waals surface area (Å²) in [6.07, 6.45) is 16.9. The largest absolute Gasteiger partial charge is 0.376 e. The van der Waals surface area contributed by atoms with Gasteiger partial charge in [-0.05, 0) is 56.6 Å². The van der Waals surface area contributed by atoms with E-state index < -0.39 is 0 Å². The van der Waals surface area contributed by atoms with Crippen LogP contribution in [0.15, 0.2) is 78.1 Å². The number of nitrogens with one attached hydrogen (secondary N) is 4. The number of allylic oxidation sites excluding steroid dienone is 3. The number of benzene rings is 1. The van der Waals surface area contributed by atoms with Crippen molar-refractivity contribution in [2.75, 3.05) is 25.0 Å². The molecule has 5 rings (SSSR count). The van der Waals surface area contributed by atoms with Crippen molar-refractivity contribution in [1.82, 2.24) is 20.6 Å². The molecule has 1 unspecified atom stereocenters. The van der Waals surface area contributed by atoms with E-state index in [4.69, 9.17) is 9.73 Å². The fraction of sp³-hybridized carbons (Fsp3) is 0.424. The van der Waals surface area contributed by atoms with Crippen molar-refractivity contribution >= 4 is 28.6 Å². The summed E-state index contributed by atoms with van der Waals surface area (Å²) in [4.78, 5) is 25.9. The van der Waals surface area contributed by atoms with E-state index in [-0.39, 0.29) is 11.8 Å². The van der Waals surface area contributed by atoms with Gasteiger partial charge in [-0.2, -0.15) is 0 Å². The number of carbonyl (C=O) groups excluding carboxylic acids is 1. The molecule has 216 valence electrons. The molecule has 0 aliphatic heterocycles. The Kier molecular flexibility index (Phi) is 10.2. The smallest absolute Gasteiger partial charge is 0.227 e. The fourth-order valence-electron chi connectivity index (χ4n) is 5.57. The fourth-order valence-corrected chi connectivity index (χ4v) is 5.57. The molecule has 1 amide bonds. The van der Waals surface area contributed by atoms with Gasteiger partial charge in [0.05, 0.1) is 25.4 Å². The lowest BCUT2D eigenvalue weighted by Gasteiger charge is -2.28. The molecule has 3 aromatic rings. The van der Waals surface area contributed by atoms with Gasteiger partial charge in [-0.1, -0.05) is 54.6 Å². The third kappa shape index (κ3) is 8.07. The zero-order chi connectivity index (χ0) is 28.3. The molecule has 1 saturated carbocycles. The Balaban J connectivity index is 1.13. The van der Waals surface area contributed by atoms with Crippen LogP contribution >= 0.6 is 0 Å². The molecule has 41 heavy (non-hydrogen) atoms. The van der Waals surface area contributed by atoms with Crippen LogP contribution in [0.3, 0.4) is 0 Å². The monoisotopic (exact) mass is 554 g/mol. The summed E-state index contributed by atoms with van der Waals surface area (Å²) in [5, 5.41) is 11.0. The molecule has 1 atom stereocenters. The predicted molar refractivity (Wildman–Crippen MR) is 165 cm³/mol. The van der Waals surface area contributed by atoms with Gasteiger partial charge in [0, 0.05) is 48.3 Å². The van der Waals surface area contributed by atoms with E-state index in [1.807, 2.05) is 36.7 Å². The number of hydrogen-bond donors (Lipinski definition) is 4. The van der Waals surface area contributed by atoms with Crippen LogP contribution in [-0.4, -0.2) is 41.5 Å². The highest BCUT2D eigenvalue weighted by Crippen LogP contribution is 2.32. The van der Waals surface area contributed by atoms with E-state index in [2.05, 4.69) is 69.3 Å². The average Bonchev–Trinajstić information content (AvgIpc) is 3.50. The van der Waals surface area contributed by atoms with Gasteiger partial charge < -0.3 is 25.7 Å². The third-order valence-electron chi connectivity index (χ3n) is 7.95. The molecule has 0 saturated heterocycles. The molecule has 4 N–H and O–H groups in total. The van der Waals surface area contributed by atoms with Crippen molar-refractivity contribution in [3.05, 3.63) is 84.2 Å². The molecule has 8 nitrogen and oxygen atoms in total. The first kappa shape index (κ1) is 28.6. The third-order valence-corrected chi connectivity index (χ3v) is 7.95. The first-order valence-electron chi connectivity index (χ1n) is 14.9. The van der Waals surface area contributed by atoms with Gasteiger partial charge in [-0.3, -0.25) is 4.79 Å². The maximum Gasteiger partial charge on any atom is 0.227 e. The van der Waals surface area contributed by atoms with Crippen LogP contribution in [0, 0.1) is 17.8 Å². The van der Waals surface area contributed by atoms with Crippen molar-refractivity contribution in [3.63, 3.8) is 0 Å². The highest BCUT2D eigenvalue weighted by molar-refractivity contribution is 6.02. The molecule has 2 aliphatic carbocycles. The zero-order valence-corrected chi connectivity index (χ0v) is 23.9. The SMILES string of the molecule is CCNC(=NCc1ccccc1)NCC1CCC(C(=O)Nc2c(COCC3C=CC=CC3)cnc3[nH]ccc23)CC1. The standard InChI is InChI=1S/C33H42N6O2/c1-2-34-33(37-19-24-9-5-3-6-10-24)38-20-25-13-15-27(16-14-25)32(40)39-30-28(21-36-31-29(30)17-18-35-31)23-41-22-26-11-7-4-8-12-26/h3-11,17-18,21,25-27H,2,12-16,19-20,22-23H2,1H3,(H2,34,37,38)(H2,35,36,39,40). The van der Waals surface area contributed by atoms with E-state index in [0.717, 1.165) is 73.4 Å². The number of ether oxygens (including phenoxy) is 1. The molecule has 8 heteroatoms. The summed E-state index contributed by atoms with van der Waals surface area (Å²) in [5.74, 6) is 1.83. The summed E-state index contributed by atoms with van der Waals surface area (Å²) >= 11 is 0. The summed E-state index contributed by atoms with van der Waals surface area (Å²) in [5.41, 5.74) is 3.68. The molecular weight excluding hydrogens is 512 g/mol. The Labute approximate surface area is 242 Å². The van der Waals surface area contributed by atoms with Gasteiger partial charge in [0.1, 0.15) is 5.65 Å². The first-order chi connectivity index (χ1) is 20.2. The zero-order valence-electron chi connectivity index (χ0n) is 23.9. The molecule has 0 spiro atoms. The second-order valence-electron chi connectivity index (χ2n) is 11.0. The van der Waals surface area contributed by atoms with E-state index in [0.29, 0.717) is 31.6 Å². The van der Waals surface area contributed by atoms with Crippen molar-refractivity contribution < 1.29 is 9.53 Å². The number of pyridine rings is 1. The Hall–Kier alpha value is -3.91. The lowest BCUT2D eigenvalue weighted by Crippen LogP contribution is -2.40. The molecule has 1 fully saturated rings. The highest BCUT2D eigenvalue weighted by Gasteiger charge is 2.27. The number of carbonyl (C=O) groups is 1. The van der Waals surface area contributed by atoms with Crippen LogP contribution in [-0.2, 0) is 22.7 Å². The number of aromatic nitrogens is 2. The summed E-state index contributed by atoms with van der Waals surface area (Å²) < 4.78 is 6.06. The van der Waals surface area contributed by atoms with Crippen LogP contribution in [0.4, 0.5) is 5.69 Å². The summed E-state index contributed by atoms with van der Waals surface area (Å²) in [6, 6.07) is 12.3. The summed E-state index contributed by atoms with van der Waals surface area (Å²) in [6.45, 7) is 5.46. The van der Waals surface area contributed by atoms with E-state index in [1.54, 1.807) is 0 Å². The molecular formula is C33H42N6O2. The minimum Gasteiger partial charge on any atom is -0.376 e. The lowest BCUT2D eigenvalue weighted by atomic mass is 9.81. The molecule has 0 bridgehead atoms. The number of guanidine groups is 1. The summed E-state index contributed by atoms with van der Waals surface area (Å²) in [7, 11) is 0. The quantitative estimate of drug-likeness (QED) is 0.180. The van der Waals surface area contributed by atoms with Gasteiger partial charge in [0.2, 0.25) is 5.91 Å². The second kappa shape index (κ2) is 14.6. The minimum atomic E-state index is 0.00123. The number of aliphatic imine (C=N–C) groups is 1. The van der Waals surface area contributed by atoms with Gasteiger partial charge in [-0.25, -0.2) is 9.98 Å². The van der Waals surface area contributed by atoms with E-state index in [9.17, 15) is 4.79 Å². The maximum absolute atomic E-state index is 13.4. The highest BCUT2D eigenvalue weighted by atomic mass is 16.5. The van der Waals surface area contributed by atoms with Crippen LogP contribution in [0.25, 0.3) is 11.0 Å². The lowest BCUT2D eigenvalue weighted by molar-refractivity contribution is -0.121. The second-order valence-corrected chi connectivity index (χ2v) is 11.0. The topological polar surface area (TPSA) is 103 Å². The number of hydrogen-bond acceptors (Lipinski definition) is 4. The number of amides is 1.